The van der Waals surface area contributed by atoms with Crippen LogP contribution < -0.4 is 0 Å². The molecule has 0 aliphatic carbocycles. The molecule has 0 heterocycles. The van der Waals surface area contributed by atoms with Gasteiger partial charge in [-0.15, -0.1) is 0 Å². The lowest BCUT2D eigenvalue weighted by atomic mass is 10.1. The van der Waals surface area contributed by atoms with Crippen LogP contribution in [-0.4, -0.2) is 35.6 Å². The summed E-state index contributed by atoms with van der Waals surface area (Å²) in [4.78, 5) is 13.8. The van der Waals surface area contributed by atoms with E-state index in [1.54, 1.807) is 29.2 Å². The quantitative estimate of drug-likeness (QED) is 0.830. The van der Waals surface area contributed by atoms with Gasteiger partial charge in [0.05, 0.1) is 19.1 Å². The third-order valence-electron chi connectivity index (χ3n) is 2.76. The number of nitriles is 1. The molecule has 104 valence electrons. The van der Waals surface area contributed by atoms with E-state index in [-0.39, 0.29) is 12.5 Å². The number of hydrogen-bond acceptors (Lipinski definition) is 3. The highest BCUT2D eigenvalue weighted by Gasteiger charge is 2.13. The molecule has 4 heteroatoms. The zero-order chi connectivity index (χ0) is 14.8. The van der Waals surface area contributed by atoms with Gasteiger partial charge in [0.1, 0.15) is 0 Å². The smallest absolute Gasteiger partial charge is 0.253 e. The molecule has 0 aromatic heterocycles. The number of nitrogens with zero attached hydrogens (tertiary/aromatic N) is 2. The number of benzene rings is 1. The van der Waals surface area contributed by atoms with E-state index in [0.717, 1.165) is 5.56 Å². The van der Waals surface area contributed by atoms with Crippen molar-refractivity contribution in [1.82, 2.24) is 4.90 Å². The minimum absolute atomic E-state index is 0.0495. The van der Waals surface area contributed by atoms with E-state index in [0.29, 0.717) is 31.5 Å². The summed E-state index contributed by atoms with van der Waals surface area (Å²) in [6, 6.07) is 9.09. The number of amides is 1. The molecule has 0 spiro atoms. The number of rotatable bonds is 5. The third-order valence-corrected chi connectivity index (χ3v) is 2.76. The molecule has 0 fully saturated rings. The van der Waals surface area contributed by atoms with Gasteiger partial charge in [0, 0.05) is 30.6 Å². The Hall–Kier alpha value is -2.30. The van der Waals surface area contributed by atoms with E-state index in [4.69, 9.17) is 10.4 Å². The Balaban J connectivity index is 2.75. The van der Waals surface area contributed by atoms with Crippen LogP contribution in [0.25, 0.3) is 0 Å². The van der Waals surface area contributed by atoms with E-state index in [1.807, 2.05) is 13.0 Å². The topological polar surface area (TPSA) is 64.3 Å². The van der Waals surface area contributed by atoms with Crippen LogP contribution in [0, 0.1) is 23.2 Å². The maximum Gasteiger partial charge on any atom is 0.253 e. The molecule has 0 radical (unpaired) electrons. The maximum atomic E-state index is 12.2. The maximum absolute atomic E-state index is 12.2. The molecule has 0 aliphatic heterocycles. The molecule has 0 unspecified atom stereocenters. The Morgan fingerprint density at radius 2 is 2.00 bits per heavy atom. The largest absolute Gasteiger partial charge is 0.395 e. The van der Waals surface area contributed by atoms with Crippen molar-refractivity contribution in [1.29, 1.82) is 5.26 Å². The van der Waals surface area contributed by atoms with Crippen molar-refractivity contribution < 1.29 is 9.90 Å². The average molecular weight is 270 g/mol. The predicted molar refractivity (Wildman–Crippen MR) is 76.8 cm³/mol. The van der Waals surface area contributed by atoms with Gasteiger partial charge < -0.3 is 10.0 Å². The summed E-state index contributed by atoms with van der Waals surface area (Å²) in [6.45, 7) is 2.97. The first-order valence-electron chi connectivity index (χ1n) is 6.59. The summed E-state index contributed by atoms with van der Waals surface area (Å²) < 4.78 is 0. The monoisotopic (exact) mass is 270 g/mol. The summed E-state index contributed by atoms with van der Waals surface area (Å²) in [5, 5.41) is 17.2. The second kappa shape index (κ2) is 8.74. The second-order valence-electron chi connectivity index (χ2n) is 4.15. The SMILES string of the molecule is CCN(CCC#N)C(=O)c1ccc(C#CCCO)cc1. The highest BCUT2D eigenvalue weighted by Crippen LogP contribution is 2.08. The predicted octanol–water partition coefficient (Wildman–Crippen LogP) is 1.80. The van der Waals surface area contributed by atoms with Crippen molar-refractivity contribution in [2.75, 3.05) is 19.7 Å². The first-order valence-corrected chi connectivity index (χ1v) is 6.59. The summed E-state index contributed by atoms with van der Waals surface area (Å²) in [7, 11) is 0. The van der Waals surface area contributed by atoms with Gasteiger partial charge in [0.15, 0.2) is 0 Å². The van der Waals surface area contributed by atoms with Crippen molar-refractivity contribution in [2.24, 2.45) is 0 Å². The van der Waals surface area contributed by atoms with Gasteiger partial charge in [-0.05, 0) is 31.2 Å². The van der Waals surface area contributed by atoms with Gasteiger partial charge in [-0.1, -0.05) is 11.8 Å². The number of aliphatic hydroxyl groups excluding tert-OH is 1. The molecular formula is C16H18N2O2. The van der Waals surface area contributed by atoms with E-state index in [1.165, 1.54) is 0 Å². The Kier molecular flexibility index (Phi) is 6.89. The van der Waals surface area contributed by atoms with Gasteiger partial charge in [0.25, 0.3) is 5.91 Å². The molecule has 4 nitrogen and oxygen atoms in total. The van der Waals surface area contributed by atoms with Crippen LogP contribution >= 0.6 is 0 Å². The summed E-state index contributed by atoms with van der Waals surface area (Å²) in [5.74, 6) is 5.67. The average Bonchev–Trinajstić information content (AvgIpc) is 2.49. The van der Waals surface area contributed by atoms with Crippen LogP contribution in [0.1, 0.15) is 35.7 Å². The normalized spacial score (nSPS) is 9.25. The van der Waals surface area contributed by atoms with E-state index in [9.17, 15) is 4.79 Å². The Morgan fingerprint density at radius 3 is 2.55 bits per heavy atom. The second-order valence-corrected chi connectivity index (χ2v) is 4.15. The third kappa shape index (κ3) is 4.76. The van der Waals surface area contributed by atoms with Crippen LogP contribution in [0.2, 0.25) is 0 Å². The molecule has 0 saturated carbocycles. The van der Waals surface area contributed by atoms with Crippen molar-refractivity contribution >= 4 is 5.91 Å². The lowest BCUT2D eigenvalue weighted by molar-refractivity contribution is 0.0768. The molecular weight excluding hydrogens is 252 g/mol. The first-order chi connectivity index (χ1) is 9.72. The van der Waals surface area contributed by atoms with Gasteiger partial charge in [-0.3, -0.25) is 4.79 Å². The molecule has 1 aromatic carbocycles. The molecule has 1 aromatic rings. The lowest BCUT2D eigenvalue weighted by Crippen LogP contribution is -2.31. The van der Waals surface area contributed by atoms with Crippen molar-refractivity contribution in [3.63, 3.8) is 0 Å². The van der Waals surface area contributed by atoms with Gasteiger partial charge in [-0.25, -0.2) is 0 Å². The fraction of sp³-hybridized carbons (Fsp3) is 0.375. The summed E-state index contributed by atoms with van der Waals surface area (Å²) in [5.41, 5.74) is 1.41. The molecule has 0 atom stereocenters. The van der Waals surface area contributed by atoms with Crippen LogP contribution in [0.5, 0.6) is 0 Å². The van der Waals surface area contributed by atoms with Gasteiger partial charge in [-0.2, -0.15) is 5.26 Å². The summed E-state index contributed by atoms with van der Waals surface area (Å²) >= 11 is 0. The highest BCUT2D eigenvalue weighted by molar-refractivity contribution is 5.94. The molecule has 0 saturated heterocycles. The van der Waals surface area contributed by atoms with Crippen molar-refractivity contribution in [3.8, 4) is 17.9 Å². The Morgan fingerprint density at radius 1 is 1.30 bits per heavy atom. The molecule has 1 N–H and O–H groups in total. The van der Waals surface area contributed by atoms with E-state index < -0.39 is 0 Å². The number of carbonyl (C=O) groups is 1. The van der Waals surface area contributed by atoms with Gasteiger partial charge >= 0.3 is 0 Å². The first kappa shape index (κ1) is 15.8. The number of carbonyl (C=O) groups excluding carboxylic acids is 1. The molecule has 20 heavy (non-hydrogen) atoms. The minimum atomic E-state index is -0.0717. The fourth-order valence-electron chi connectivity index (χ4n) is 1.69. The van der Waals surface area contributed by atoms with Crippen molar-refractivity contribution in [2.45, 2.75) is 19.8 Å². The van der Waals surface area contributed by atoms with Crippen LogP contribution in [0.3, 0.4) is 0 Å². The molecule has 1 rings (SSSR count). The van der Waals surface area contributed by atoms with Gasteiger partial charge in [0.2, 0.25) is 0 Å². The number of aliphatic hydroxyl groups is 1. The standard InChI is InChI=1S/C16H18N2O2/c1-2-18(12-5-11-17)16(20)15-9-7-14(8-10-15)6-3-4-13-19/h7-10,19H,2,4-5,12-13H2,1H3. The zero-order valence-corrected chi connectivity index (χ0v) is 11.6. The van der Waals surface area contributed by atoms with Crippen molar-refractivity contribution in [3.05, 3.63) is 35.4 Å². The fourth-order valence-corrected chi connectivity index (χ4v) is 1.69. The van der Waals surface area contributed by atoms with E-state index in [2.05, 4.69) is 11.8 Å². The van der Waals surface area contributed by atoms with Crippen LogP contribution in [0.15, 0.2) is 24.3 Å². The molecule has 0 bridgehead atoms. The molecule has 1 amide bonds. The lowest BCUT2D eigenvalue weighted by Gasteiger charge is -2.19. The van der Waals surface area contributed by atoms with Crippen LogP contribution in [-0.2, 0) is 0 Å². The van der Waals surface area contributed by atoms with Crippen LogP contribution in [0.4, 0.5) is 0 Å². The zero-order valence-electron chi connectivity index (χ0n) is 11.6. The minimum Gasteiger partial charge on any atom is -0.395 e. The highest BCUT2D eigenvalue weighted by atomic mass is 16.2. The Labute approximate surface area is 119 Å². The summed E-state index contributed by atoms with van der Waals surface area (Å²) in [6.07, 6.45) is 0.781. The molecule has 0 aliphatic rings. The number of hydrogen-bond donors (Lipinski definition) is 1. The van der Waals surface area contributed by atoms with E-state index >= 15 is 0 Å². The Bertz CT molecular complexity index is 532.